The highest BCUT2D eigenvalue weighted by Crippen LogP contribution is 2.64. The van der Waals surface area contributed by atoms with Gasteiger partial charge in [-0.25, -0.2) is 0 Å². The summed E-state index contributed by atoms with van der Waals surface area (Å²) in [5, 5.41) is 0. The van der Waals surface area contributed by atoms with Crippen LogP contribution in [0.15, 0.2) is 24.8 Å². The Hall–Kier alpha value is -0.850. The van der Waals surface area contributed by atoms with Crippen LogP contribution in [0.1, 0.15) is 20.3 Å². The average Bonchev–Trinajstić information content (AvgIpc) is 2.04. The van der Waals surface area contributed by atoms with E-state index in [4.69, 9.17) is 0 Å². The molecule has 0 N–H and O–H groups in total. The van der Waals surface area contributed by atoms with Gasteiger partial charge in [0.1, 0.15) is 0 Å². The van der Waals surface area contributed by atoms with E-state index in [1.54, 1.807) is 6.08 Å². The highest BCUT2D eigenvalue weighted by atomic mass is 16.1. The largest absolute Gasteiger partial charge is 0.294 e. The molecule has 0 aromatic rings. The van der Waals surface area contributed by atoms with Crippen molar-refractivity contribution in [3.05, 3.63) is 24.8 Å². The van der Waals surface area contributed by atoms with E-state index < -0.39 is 0 Å². The SMILES string of the molecule is C=CC12CC(C=CC1=O)C2(C)C. The minimum atomic E-state index is -0.244. The van der Waals surface area contributed by atoms with Crippen molar-refractivity contribution in [1.29, 1.82) is 0 Å². The third-order valence-electron chi connectivity index (χ3n) is 3.89. The normalized spacial score (nSPS) is 42.2. The van der Waals surface area contributed by atoms with Crippen LogP contribution in [0.3, 0.4) is 0 Å². The van der Waals surface area contributed by atoms with Crippen LogP contribution < -0.4 is 0 Å². The molecule has 3 aliphatic carbocycles. The maximum absolute atomic E-state index is 11.6. The molecule has 1 fully saturated rings. The number of rotatable bonds is 1. The van der Waals surface area contributed by atoms with E-state index in [2.05, 4.69) is 20.4 Å². The van der Waals surface area contributed by atoms with Crippen LogP contribution in [0.2, 0.25) is 0 Å². The smallest absolute Gasteiger partial charge is 0.165 e. The molecule has 0 saturated heterocycles. The summed E-state index contributed by atoms with van der Waals surface area (Å²) in [5.41, 5.74) is -0.146. The van der Waals surface area contributed by atoms with E-state index in [9.17, 15) is 4.79 Å². The summed E-state index contributed by atoms with van der Waals surface area (Å²) in [6.07, 6.45) is 6.59. The molecule has 3 aliphatic rings. The van der Waals surface area contributed by atoms with Gasteiger partial charge in [-0.05, 0) is 23.8 Å². The van der Waals surface area contributed by atoms with Crippen molar-refractivity contribution in [3.8, 4) is 0 Å². The van der Waals surface area contributed by atoms with Gasteiger partial charge in [0.25, 0.3) is 0 Å². The monoisotopic (exact) mass is 162 g/mol. The van der Waals surface area contributed by atoms with Gasteiger partial charge in [0.05, 0.1) is 5.41 Å². The Balaban J connectivity index is 2.52. The topological polar surface area (TPSA) is 17.1 Å². The molecule has 3 rings (SSSR count). The van der Waals surface area contributed by atoms with Crippen LogP contribution in [0.25, 0.3) is 0 Å². The standard InChI is InChI=1S/C11H14O/c1-4-11-7-8(10(11,2)3)5-6-9(11)12/h4-6,8H,1,7H2,2-3H3. The van der Waals surface area contributed by atoms with Crippen LogP contribution in [-0.2, 0) is 4.79 Å². The zero-order valence-electron chi connectivity index (χ0n) is 7.63. The predicted molar refractivity (Wildman–Crippen MR) is 48.7 cm³/mol. The Morgan fingerprint density at radius 1 is 1.67 bits per heavy atom. The zero-order chi connectivity index (χ0) is 8.98. The van der Waals surface area contributed by atoms with E-state index >= 15 is 0 Å². The first-order chi connectivity index (χ1) is 5.54. The second kappa shape index (κ2) is 1.90. The highest BCUT2D eigenvalue weighted by molar-refractivity contribution is 5.99. The van der Waals surface area contributed by atoms with E-state index in [1.807, 2.05) is 12.2 Å². The Bertz CT molecular complexity index is 285. The molecular formula is C11H14O. The summed E-state index contributed by atoms with van der Waals surface area (Å²) >= 11 is 0. The van der Waals surface area contributed by atoms with Crippen molar-refractivity contribution in [2.45, 2.75) is 20.3 Å². The van der Waals surface area contributed by atoms with Crippen LogP contribution in [-0.4, -0.2) is 5.78 Å². The van der Waals surface area contributed by atoms with Gasteiger partial charge in [-0.2, -0.15) is 0 Å². The Labute approximate surface area is 73.2 Å². The number of carbonyl (C=O) groups is 1. The lowest BCUT2D eigenvalue weighted by Crippen LogP contribution is -2.59. The summed E-state index contributed by atoms with van der Waals surface area (Å²) in [4.78, 5) is 11.6. The summed E-state index contributed by atoms with van der Waals surface area (Å²) in [6.45, 7) is 8.10. The molecule has 0 radical (unpaired) electrons. The molecule has 0 amide bonds. The molecule has 12 heavy (non-hydrogen) atoms. The molecule has 64 valence electrons. The van der Waals surface area contributed by atoms with Gasteiger partial charge in [-0.15, -0.1) is 6.58 Å². The maximum Gasteiger partial charge on any atom is 0.165 e. The fourth-order valence-corrected chi connectivity index (χ4v) is 2.59. The summed E-state index contributed by atoms with van der Waals surface area (Å²) in [5.74, 6) is 0.818. The molecule has 1 saturated carbocycles. The number of allylic oxidation sites excluding steroid dienone is 3. The number of fused-ring (bicyclic) bond motifs is 1. The van der Waals surface area contributed by atoms with E-state index in [-0.39, 0.29) is 16.6 Å². The molecule has 2 unspecified atom stereocenters. The number of hydrogen-bond donors (Lipinski definition) is 0. The highest BCUT2D eigenvalue weighted by Gasteiger charge is 2.62. The minimum absolute atomic E-state index is 0.0978. The summed E-state index contributed by atoms with van der Waals surface area (Å²) in [6, 6.07) is 0. The first-order valence-electron chi connectivity index (χ1n) is 4.41. The van der Waals surface area contributed by atoms with Crippen LogP contribution >= 0.6 is 0 Å². The molecule has 0 aromatic heterocycles. The van der Waals surface area contributed by atoms with Crippen molar-refractivity contribution >= 4 is 5.78 Å². The molecule has 2 bridgehead atoms. The van der Waals surface area contributed by atoms with Crippen molar-refractivity contribution in [2.75, 3.05) is 0 Å². The van der Waals surface area contributed by atoms with Gasteiger partial charge < -0.3 is 0 Å². The fraction of sp³-hybridized carbons (Fsp3) is 0.545. The fourth-order valence-electron chi connectivity index (χ4n) is 2.59. The Morgan fingerprint density at radius 2 is 2.33 bits per heavy atom. The molecule has 0 aromatic carbocycles. The van der Waals surface area contributed by atoms with Crippen molar-refractivity contribution in [2.24, 2.45) is 16.7 Å². The van der Waals surface area contributed by atoms with Gasteiger partial charge in [0, 0.05) is 0 Å². The molecule has 0 aliphatic heterocycles. The number of hydrogen-bond acceptors (Lipinski definition) is 1. The van der Waals surface area contributed by atoms with Gasteiger partial charge in [-0.3, -0.25) is 4.79 Å². The quantitative estimate of drug-likeness (QED) is 0.541. The minimum Gasteiger partial charge on any atom is -0.294 e. The van der Waals surface area contributed by atoms with Crippen LogP contribution in [0.4, 0.5) is 0 Å². The lowest BCUT2D eigenvalue weighted by molar-refractivity contribution is -0.146. The second-order valence-corrected chi connectivity index (χ2v) is 4.43. The summed E-state index contributed by atoms with van der Waals surface area (Å²) in [7, 11) is 0. The number of ketones is 1. The molecular weight excluding hydrogens is 148 g/mol. The lowest BCUT2D eigenvalue weighted by Gasteiger charge is -2.60. The Kier molecular flexibility index (Phi) is 1.23. The van der Waals surface area contributed by atoms with Gasteiger partial charge in [0.2, 0.25) is 0 Å². The summed E-state index contributed by atoms with van der Waals surface area (Å²) < 4.78 is 0. The second-order valence-electron chi connectivity index (χ2n) is 4.43. The van der Waals surface area contributed by atoms with Gasteiger partial charge in [-0.1, -0.05) is 26.0 Å². The molecule has 1 heteroatoms. The predicted octanol–water partition coefficient (Wildman–Crippen LogP) is 2.34. The zero-order valence-corrected chi connectivity index (χ0v) is 7.63. The van der Waals surface area contributed by atoms with Crippen molar-refractivity contribution in [1.82, 2.24) is 0 Å². The average molecular weight is 162 g/mol. The third kappa shape index (κ3) is 0.553. The maximum atomic E-state index is 11.6. The molecule has 1 nitrogen and oxygen atoms in total. The van der Waals surface area contributed by atoms with Gasteiger partial charge in [0.15, 0.2) is 5.78 Å². The van der Waals surface area contributed by atoms with Crippen LogP contribution in [0, 0.1) is 16.7 Å². The van der Waals surface area contributed by atoms with Crippen molar-refractivity contribution < 1.29 is 4.79 Å². The first-order valence-corrected chi connectivity index (χ1v) is 4.41. The Morgan fingerprint density at radius 3 is 2.67 bits per heavy atom. The first kappa shape index (κ1) is 7.78. The van der Waals surface area contributed by atoms with E-state index in [0.29, 0.717) is 5.92 Å². The molecule has 0 heterocycles. The van der Waals surface area contributed by atoms with Gasteiger partial charge >= 0.3 is 0 Å². The lowest BCUT2D eigenvalue weighted by atomic mass is 9.41. The number of carbonyl (C=O) groups excluding carboxylic acids is 1. The van der Waals surface area contributed by atoms with E-state index in [0.717, 1.165) is 6.42 Å². The van der Waals surface area contributed by atoms with E-state index in [1.165, 1.54) is 0 Å². The van der Waals surface area contributed by atoms with Crippen LogP contribution in [0.5, 0.6) is 0 Å². The third-order valence-corrected chi connectivity index (χ3v) is 3.89. The molecule has 0 spiro atoms. The molecule has 2 atom stereocenters. The van der Waals surface area contributed by atoms with Crippen molar-refractivity contribution in [3.63, 3.8) is 0 Å².